The normalized spacial score (nSPS) is 11.9. The highest BCUT2D eigenvalue weighted by Gasteiger charge is 2.17. The first-order chi connectivity index (χ1) is 13.4. The van der Waals surface area contributed by atoms with E-state index in [1.54, 1.807) is 30.5 Å². The molecule has 7 heteroatoms. The lowest BCUT2D eigenvalue weighted by Gasteiger charge is -2.11. The minimum Gasteiger partial charge on any atom is -0.382 e. The Morgan fingerprint density at radius 2 is 1.86 bits per heavy atom. The SMILES string of the molecule is CCCCc1nc2c(N)ncc(C)c2n1CCCCS(=O)(=O)c1ccccc1. The second-order valence-corrected chi connectivity index (χ2v) is 9.26. The summed E-state index contributed by atoms with van der Waals surface area (Å²) in [4.78, 5) is 9.36. The van der Waals surface area contributed by atoms with E-state index < -0.39 is 9.84 Å². The minimum atomic E-state index is -3.24. The van der Waals surface area contributed by atoms with Crippen molar-refractivity contribution >= 4 is 26.7 Å². The van der Waals surface area contributed by atoms with E-state index in [1.165, 1.54) is 0 Å². The van der Waals surface area contributed by atoms with Gasteiger partial charge in [-0.1, -0.05) is 31.5 Å². The Morgan fingerprint density at radius 1 is 1.11 bits per heavy atom. The van der Waals surface area contributed by atoms with E-state index in [1.807, 2.05) is 13.0 Å². The molecule has 2 N–H and O–H groups in total. The maximum atomic E-state index is 12.5. The second-order valence-electron chi connectivity index (χ2n) is 7.15. The monoisotopic (exact) mass is 400 g/mol. The number of hydrogen-bond donors (Lipinski definition) is 1. The summed E-state index contributed by atoms with van der Waals surface area (Å²) in [6.07, 6.45) is 6.16. The van der Waals surface area contributed by atoms with Gasteiger partial charge in [0.2, 0.25) is 0 Å². The van der Waals surface area contributed by atoms with E-state index in [9.17, 15) is 8.42 Å². The molecule has 0 spiro atoms. The molecule has 0 aliphatic carbocycles. The summed E-state index contributed by atoms with van der Waals surface area (Å²) in [7, 11) is -3.24. The zero-order chi connectivity index (χ0) is 20.1. The number of sulfone groups is 1. The molecule has 2 aromatic heterocycles. The van der Waals surface area contributed by atoms with Crippen LogP contribution in [0.5, 0.6) is 0 Å². The molecule has 0 saturated carbocycles. The van der Waals surface area contributed by atoms with Crippen LogP contribution in [0.4, 0.5) is 5.82 Å². The fourth-order valence-corrected chi connectivity index (χ4v) is 4.83. The van der Waals surface area contributed by atoms with Crippen molar-refractivity contribution in [1.29, 1.82) is 0 Å². The number of rotatable bonds is 9. The zero-order valence-corrected chi connectivity index (χ0v) is 17.4. The Kier molecular flexibility index (Phi) is 6.34. The second kappa shape index (κ2) is 8.73. The van der Waals surface area contributed by atoms with E-state index in [0.29, 0.717) is 17.1 Å². The fourth-order valence-electron chi connectivity index (χ4n) is 3.44. The number of fused-ring (bicyclic) bond motifs is 1. The van der Waals surface area contributed by atoms with Crippen molar-refractivity contribution in [3.05, 3.63) is 47.9 Å². The van der Waals surface area contributed by atoms with Crippen molar-refractivity contribution in [2.75, 3.05) is 11.5 Å². The number of unbranched alkanes of at least 4 members (excludes halogenated alkanes) is 2. The number of aryl methyl sites for hydroxylation is 3. The van der Waals surface area contributed by atoms with Gasteiger partial charge in [0.1, 0.15) is 11.3 Å². The largest absolute Gasteiger partial charge is 0.382 e. The first-order valence-corrected chi connectivity index (χ1v) is 11.5. The number of imidazole rings is 1. The summed E-state index contributed by atoms with van der Waals surface area (Å²) in [6, 6.07) is 8.64. The van der Waals surface area contributed by atoms with Crippen molar-refractivity contribution in [3.63, 3.8) is 0 Å². The maximum absolute atomic E-state index is 12.5. The molecule has 1 aromatic carbocycles. The molecule has 0 radical (unpaired) electrons. The molecule has 0 amide bonds. The van der Waals surface area contributed by atoms with Gasteiger partial charge < -0.3 is 10.3 Å². The van der Waals surface area contributed by atoms with Crippen LogP contribution in [-0.4, -0.2) is 28.7 Å². The first kappa shape index (κ1) is 20.3. The smallest absolute Gasteiger partial charge is 0.178 e. The summed E-state index contributed by atoms with van der Waals surface area (Å²) in [5.41, 5.74) is 8.86. The number of hydrogen-bond acceptors (Lipinski definition) is 5. The van der Waals surface area contributed by atoms with E-state index in [0.717, 1.165) is 54.6 Å². The number of nitrogens with two attached hydrogens (primary N) is 1. The van der Waals surface area contributed by atoms with Gasteiger partial charge in [0.25, 0.3) is 0 Å². The van der Waals surface area contributed by atoms with E-state index in [4.69, 9.17) is 10.7 Å². The van der Waals surface area contributed by atoms with Crippen molar-refractivity contribution in [1.82, 2.24) is 14.5 Å². The molecule has 0 aliphatic rings. The highest BCUT2D eigenvalue weighted by atomic mass is 32.2. The summed E-state index contributed by atoms with van der Waals surface area (Å²) in [5, 5.41) is 0. The summed E-state index contributed by atoms with van der Waals surface area (Å²) >= 11 is 0. The number of benzene rings is 1. The first-order valence-electron chi connectivity index (χ1n) is 9.82. The van der Waals surface area contributed by atoms with Gasteiger partial charge in [-0.2, -0.15) is 0 Å². The van der Waals surface area contributed by atoms with Gasteiger partial charge in [-0.3, -0.25) is 0 Å². The van der Waals surface area contributed by atoms with Crippen molar-refractivity contribution < 1.29 is 8.42 Å². The molecule has 0 atom stereocenters. The average molecular weight is 401 g/mol. The van der Waals surface area contributed by atoms with Crippen molar-refractivity contribution in [3.8, 4) is 0 Å². The van der Waals surface area contributed by atoms with Crippen molar-refractivity contribution in [2.45, 2.75) is 57.4 Å². The van der Waals surface area contributed by atoms with Gasteiger partial charge in [0.15, 0.2) is 15.7 Å². The molecule has 150 valence electrons. The topological polar surface area (TPSA) is 90.9 Å². The van der Waals surface area contributed by atoms with Crippen molar-refractivity contribution in [2.24, 2.45) is 0 Å². The zero-order valence-electron chi connectivity index (χ0n) is 16.6. The van der Waals surface area contributed by atoms with Crippen LogP contribution >= 0.6 is 0 Å². The fraction of sp³-hybridized carbons (Fsp3) is 0.429. The standard InChI is InChI=1S/C21H28N4O2S/c1-3-4-12-18-24-19-20(16(2)15-23-21(19)22)25(18)13-8-9-14-28(26,27)17-10-6-5-7-11-17/h5-7,10-11,15H,3-4,8-9,12-14H2,1-2H3,(H2,22,23). The lowest BCUT2D eigenvalue weighted by atomic mass is 10.2. The van der Waals surface area contributed by atoms with Gasteiger partial charge in [-0.25, -0.2) is 18.4 Å². The van der Waals surface area contributed by atoms with E-state index >= 15 is 0 Å². The number of pyridine rings is 1. The van der Waals surface area contributed by atoms with Crippen LogP contribution in [0.2, 0.25) is 0 Å². The molecule has 0 fully saturated rings. The molecular formula is C21H28N4O2S. The molecule has 0 bridgehead atoms. The minimum absolute atomic E-state index is 0.149. The lowest BCUT2D eigenvalue weighted by molar-refractivity contribution is 0.577. The van der Waals surface area contributed by atoms with Crippen LogP contribution in [0, 0.1) is 6.92 Å². The van der Waals surface area contributed by atoms with Gasteiger partial charge >= 0.3 is 0 Å². The third-order valence-corrected chi connectivity index (χ3v) is 6.78. The molecule has 3 rings (SSSR count). The predicted octanol–water partition coefficient (Wildman–Crippen LogP) is 3.92. The Labute approximate surface area is 166 Å². The number of nitrogen functional groups attached to an aromatic ring is 1. The van der Waals surface area contributed by atoms with Gasteiger partial charge in [0, 0.05) is 19.2 Å². The third-order valence-electron chi connectivity index (χ3n) is 4.96. The Morgan fingerprint density at radius 3 is 2.57 bits per heavy atom. The Bertz CT molecular complexity index is 1040. The maximum Gasteiger partial charge on any atom is 0.178 e. The van der Waals surface area contributed by atoms with Crippen LogP contribution < -0.4 is 5.73 Å². The molecule has 3 aromatic rings. The predicted molar refractivity (Wildman–Crippen MR) is 113 cm³/mol. The molecular weight excluding hydrogens is 372 g/mol. The lowest BCUT2D eigenvalue weighted by Crippen LogP contribution is -2.10. The van der Waals surface area contributed by atoms with Crippen LogP contribution in [-0.2, 0) is 22.8 Å². The molecule has 6 nitrogen and oxygen atoms in total. The van der Waals surface area contributed by atoms with E-state index in [-0.39, 0.29) is 5.75 Å². The van der Waals surface area contributed by atoms with Crippen LogP contribution in [0.1, 0.15) is 44.0 Å². The number of nitrogens with zero attached hydrogens (tertiary/aromatic N) is 3. The van der Waals surface area contributed by atoms with Gasteiger partial charge in [-0.05, 0) is 43.9 Å². The molecule has 28 heavy (non-hydrogen) atoms. The third kappa shape index (κ3) is 4.35. The molecule has 0 saturated heterocycles. The van der Waals surface area contributed by atoms with Gasteiger partial charge in [-0.15, -0.1) is 0 Å². The Balaban J connectivity index is 1.75. The Hall–Kier alpha value is -2.41. The molecule has 2 heterocycles. The molecule has 0 aliphatic heterocycles. The highest BCUT2D eigenvalue weighted by molar-refractivity contribution is 7.91. The number of anilines is 1. The van der Waals surface area contributed by atoms with Crippen LogP contribution in [0.15, 0.2) is 41.4 Å². The van der Waals surface area contributed by atoms with Crippen LogP contribution in [0.25, 0.3) is 11.0 Å². The average Bonchev–Trinajstić information content (AvgIpc) is 3.07. The quantitative estimate of drug-likeness (QED) is 0.550. The number of aromatic nitrogens is 3. The van der Waals surface area contributed by atoms with E-state index in [2.05, 4.69) is 16.5 Å². The summed E-state index contributed by atoms with van der Waals surface area (Å²) < 4.78 is 27.1. The summed E-state index contributed by atoms with van der Waals surface area (Å²) in [5.74, 6) is 1.60. The van der Waals surface area contributed by atoms with Gasteiger partial charge in [0.05, 0.1) is 16.2 Å². The molecule has 0 unspecified atom stereocenters. The van der Waals surface area contributed by atoms with Crippen LogP contribution in [0.3, 0.4) is 0 Å². The highest BCUT2D eigenvalue weighted by Crippen LogP contribution is 2.25. The summed E-state index contributed by atoms with van der Waals surface area (Å²) in [6.45, 7) is 4.89.